The van der Waals surface area contributed by atoms with E-state index >= 15 is 0 Å². The molecule has 0 saturated heterocycles. The van der Waals surface area contributed by atoms with Crippen molar-refractivity contribution in [1.82, 2.24) is 4.98 Å². The van der Waals surface area contributed by atoms with Crippen molar-refractivity contribution in [3.8, 4) is 5.75 Å². The van der Waals surface area contributed by atoms with Gasteiger partial charge in [0, 0.05) is 5.56 Å². The number of fused-ring (bicyclic) bond motifs is 1. The van der Waals surface area contributed by atoms with Crippen LogP contribution < -0.4 is 0 Å². The van der Waals surface area contributed by atoms with Gasteiger partial charge in [-0.05, 0) is 6.07 Å². The average molecular weight is 135 g/mol. The normalized spacial score (nSPS) is 13.6. The molecule has 0 saturated carbocycles. The maximum Gasteiger partial charge on any atom is 0.179 e. The van der Waals surface area contributed by atoms with Crippen LogP contribution in [0.2, 0.25) is 0 Å². The molecule has 1 aliphatic rings. The Bertz CT molecular complexity index is 295. The third-order valence-corrected chi connectivity index (χ3v) is 1.33. The zero-order valence-corrected chi connectivity index (χ0v) is 5.15. The molecule has 0 aromatic carbocycles. The van der Waals surface area contributed by atoms with Crippen LogP contribution in [-0.2, 0) is 6.54 Å². The summed E-state index contributed by atoms with van der Waals surface area (Å²) in [5.74, 6) is 0.795. The number of azo groups is 1. The van der Waals surface area contributed by atoms with Gasteiger partial charge < -0.3 is 5.11 Å². The van der Waals surface area contributed by atoms with Gasteiger partial charge in [0.05, 0.1) is 12.7 Å². The van der Waals surface area contributed by atoms with Crippen LogP contribution >= 0.6 is 0 Å². The second-order valence-corrected chi connectivity index (χ2v) is 2.08. The molecule has 1 N–H and O–H groups in total. The van der Waals surface area contributed by atoms with Crippen molar-refractivity contribution < 1.29 is 5.11 Å². The van der Waals surface area contributed by atoms with Gasteiger partial charge >= 0.3 is 0 Å². The molecule has 10 heavy (non-hydrogen) atoms. The van der Waals surface area contributed by atoms with Gasteiger partial charge in [-0.1, -0.05) is 0 Å². The smallest absolute Gasteiger partial charge is 0.179 e. The molecule has 1 aliphatic heterocycles. The molecule has 4 heteroatoms. The third-order valence-electron chi connectivity index (χ3n) is 1.33. The van der Waals surface area contributed by atoms with Crippen LogP contribution in [-0.4, -0.2) is 10.1 Å². The Labute approximate surface area is 57.3 Å². The van der Waals surface area contributed by atoms with Gasteiger partial charge in [0.1, 0.15) is 5.75 Å². The lowest BCUT2D eigenvalue weighted by molar-refractivity contribution is 0.472. The van der Waals surface area contributed by atoms with Gasteiger partial charge in [-0.2, -0.15) is 5.11 Å². The summed E-state index contributed by atoms with van der Waals surface area (Å²) >= 11 is 0. The highest BCUT2D eigenvalue weighted by atomic mass is 16.3. The quantitative estimate of drug-likeness (QED) is 0.584. The second kappa shape index (κ2) is 1.76. The maximum atomic E-state index is 8.95. The Kier molecular flexibility index (Phi) is 0.943. The molecule has 0 aliphatic carbocycles. The fourth-order valence-electron chi connectivity index (χ4n) is 0.875. The van der Waals surface area contributed by atoms with Crippen LogP contribution in [0.4, 0.5) is 5.82 Å². The lowest BCUT2D eigenvalue weighted by Crippen LogP contribution is -1.78. The van der Waals surface area contributed by atoms with E-state index in [1.807, 2.05) is 0 Å². The van der Waals surface area contributed by atoms with Crippen LogP contribution in [0.25, 0.3) is 0 Å². The highest BCUT2D eigenvalue weighted by Gasteiger charge is 2.08. The predicted molar refractivity (Wildman–Crippen MR) is 34.1 cm³/mol. The van der Waals surface area contributed by atoms with Crippen LogP contribution in [0.15, 0.2) is 22.5 Å². The summed E-state index contributed by atoms with van der Waals surface area (Å²) in [5.41, 5.74) is 0.889. The summed E-state index contributed by atoms with van der Waals surface area (Å²) in [6.45, 7) is 0.538. The fourth-order valence-corrected chi connectivity index (χ4v) is 0.875. The van der Waals surface area contributed by atoms with Crippen molar-refractivity contribution in [1.29, 1.82) is 0 Å². The minimum absolute atomic E-state index is 0.172. The van der Waals surface area contributed by atoms with E-state index in [2.05, 4.69) is 15.2 Å². The lowest BCUT2D eigenvalue weighted by atomic mass is 10.2. The average Bonchev–Trinajstić information content (AvgIpc) is 2.33. The molecule has 4 nitrogen and oxygen atoms in total. The second-order valence-electron chi connectivity index (χ2n) is 2.08. The van der Waals surface area contributed by atoms with E-state index in [1.54, 1.807) is 6.07 Å². The van der Waals surface area contributed by atoms with E-state index in [9.17, 15) is 0 Å². The number of nitrogens with zero attached hydrogens (tertiary/aromatic N) is 3. The molecule has 0 radical (unpaired) electrons. The first-order valence-electron chi connectivity index (χ1n) is 2.91. The molecule has 2 heterocycles. The monoisotopic (exact) mass is 135 g/mol. The number of aromatic hydroxyl groups is 1. The Morgan fingerprint density at radius 2 is 2.40 bits per heavy atom. The first kappa shape index (κ1) is 5.34. The number of aromatic nitrogens is 1. The summed E-state index contributed by atoms with van der Waals surface area (Å²) in [6, 6.07) is 1.63. The minimum atomic E-state index is 0.172. The maximum absolute atomic E-state index is 8.95. The standard InChI is InChI=1S/C6H5N3O/c10-5-1-4-2-8-9-6(4)7-3-5/h1,3,10H,2H2. The van der Waals surface area contributed by atoms with Crippen LogP contribution in [0, 0.1) is 0 Å². The predicted octanol–water partition coefficient (Wildman–Crippen LogP) is 1.38. The van der Waals surface area contributed by atoms with Crippen LogP contribution in [0.3, 0.4) is 0 Å². The van der Waals surface area contributed by atoms with E-state index in [0.717, 1.165) is 5.56 Å². The molecule has 50 valence electrons. The zero-order valence-electron chi connectivity index (χ0n) is 5.15. The number of hydrogen-bond acceptors (Lipinski definition) is 4. The van der Waals surface area contributed by atoms with Gasteiger partial charge in [-0.25, -0.2) is 4.98 Å². The molecule has 0 atom stereocenters. The Morgan fingerprint density at radius 1 is 1.50 bits per heavy atom. The SMILES string of the molecule is Oc1cnc2c(c1)CN=N2. The van der Waals surface area contributed by atoms with Gasteiger partial charge in [-0.15, -0.1) is 5.11 Å². The van der Waals surface area contributed by atoms with Gasteiger partial charge in [-0.3, -0.25) is 0 Å². The molecule has 1 aromatic rings. The van der Waals surface area contributed by atoms with E-state index < -0.39 is 0 Å². The summed E-state index contributed by atoms with van der Waals surface area (Å²) in [5, 5.41) is 16.4. The van der Waals surface area contributed by atoms with Crippen molar-refractivity contribution in [2.24, 2.45) is 10.2 Å². The fraction of sp³-hybridized carbons (Fsp3) is 0.167. The summed E-state index contributed by atoms with van der Waals surface area (Å²) in [7, 11) is 0. The third kappa shape index (κ3) is 0.655. The topological polar surface area (TPSA) is 57.8 Å². The largest absolute Gasteiger partial charge is 0.506 e. The van der Waals surface area contributed by atoms with Crippen LogP contribution in [0.5, 0.6) is 5.75 Å². The van der Waals surface area contributed by atoms with Crippen molar-refractivity contribution in [2.75, 3.05) is 0 Å². The van der Waals surface area contributed by atoms with Crippen molar-refractivity contribution in [3.05, 3.63) is 17.8 Å². The minimum Gasteiger partial charge on any atom is -0.506 e. The van der Waals surface area contributed by atoms with Crippen molar-refractivity contribution in [3.63, 3.8) is 0 Å². The number of pyridine rings is 1. The Hall–Kier alpha value is -1.45. The van der Waals surface area contributed by atoms with Crippen molar-refractivity contribution in [2.45, 2.75) is 6.54 Å². The Morgan fingerprint density at radius 3 is 3.30 bits per heavy atom. The van der Waals surface area contributed by atoms with E-state index in [4.69, 9.17) is 5.11 Å². The summed E-state index contributed by atoms with van der Waals surface area (Å²) in [6.07, 6.45) is 1.36. The highest BCUT2D eigenvalue weighted by Crippen LogP contribution is 2.26. The molecule has 0 amide bonds. The number of hydrogen-bond donors (Lipinski definition) is 1. The summed E-state index contributed by atoms with van der Waals surface area (Å²) < 4.78 is 0. The molecule has 0 unspecified atom stereocenters. The van der Waals surface area contributed by atoms with E-state index in [1.165, 1.54) is 6.20 Å². The Balaban J connectivity index is 2.59. The molecule has 0 spiro atoms. The molecule has 0 fully saturated rings. The van der Waals surface area contributed by atoms with Crippen LogP contribution in [0.1, 0.15) is 5.56 Å². The lowest BCUT2D eigenvalue weighted by Gasteiger charge is -1.92. The summed E-state index contributed by atoms with van der Waals surface area (Å²) in [4.78, 5) is 3.85. The zero-order chi connectivity index (χ0) is 6.97. The molecular weight excluding hydrogens is 130 g/mol. The van der Waals surface area contributed by atoms with Gasteiger partial charge in [0.25, 0.3) is 0 Å². The molecule has 2 rings (SSSR count). The molecule has 0 bridgehead atoms. The molecule has 1 aromatic heterocycles. The van der Waals surface area contributed by atoms with Crippen molar-refractivity contribution >= 4 is 5.82 Å². The van der Waals surface area contributed by atoms with Gasteiger partial charge in [0.2, 0.25) is 0 Å². The van der Waals surface area contributed by atoms with E-state index in [0.29, 0.717) is 12.4 Å². The molecular formula is C6H5N3O. The first-order valence-corrected chi connectivity index (χ1v) is 2.91. The first-order chi connectivity index (χ1) is 4.86. The van der Waals surface area contributed by atoms with E-state index in [-0.39, 0.29) is 5.75 Å². The highest BCUT2D eigenvalue weighted by molar-refractivity contribution is 5.43. The van der Waals surface area contributed by atoms with Gasteiger partial charge in [0.15, 0.2) is 5.82 Å². The number of rotatable bonds is 0.